The number of halogens is 1. The van der Waals surface area contributed by atoms with Crippen LogP contribution in [0.1, 0.15) is 40.7 Å². The summed E-state index contributed by atoms with van der Waals surface area (Å²) in [7, 11) is 0. The number of fused-ring (bicyclic) bond motifs is 1. The lowest BCUT2D eigenvalue weighted by Crippen LogP contribution is -2.35. The topological polar surface area (TPSA) is 67.2 Å². The van der Waals surface area contributed by atoms with Crippen LogP contribution < -0.4 is 4.90 Å². The van der Waals surface area contributed by atoms with Gasteiger partial charge in [0.1, 0.15) is 11.6 Å². The van der Waals surface area contributed by atoms with Crippen LogP contribution in [0.15, 0.2) is 48.0 Å². The number of hydrogen-bond donors (Lipinski definition) is 0. The summed E-state index contributed by atoms with van der Waals surface area (Å²) in [6.45, 7) is 2.99. The summed E-state index contributed by atoms with van der Waals surface area (Å²) in [6.07, 6.45) is 4.99. The summed E-state index contributed by atoms with van der Waals surface area (Å²) < 4.78 is 1.85. The van der Waals surface area contributed by atoms with E-state index in [1.165, 1.54) is 11.3 Å². The summed E-state index contributed by atoms with van der Waals surface area (Å²) in [5.74, 6) is 2.34. The summed E-state index contributed by atoms with van der Waals surface area (Å²) >= 11 is 7.74. The van der Waals surface area contributed by atoms with Crippen molar-refractivity contribution in [2.24, 2.45) is 0 Å². The molecule has 1 aliphatic heterocycles. The first kappa shape index (κ1) is 20.6. The number of aromatic nitrogens is 4. The first-order valence-electron chi connectivity index (χ1n) is 11.3. The SMILES string of the molecule is O=C(c1cccs1)N1CCCN(c2nc(C3CC3)nc3c2cnn3-c2cccc(Cl)c2)CC1. The third kappa shape index (κ3) is 3.98. The number of carbonyl (C=O) groups excluding carboxylic acids is 1. The number of anilines is 1. The van der Waals surface area contributed by atoms with Gasteiger partial charge in [0.25, 0.3) is 5.91 Å². The van der Waals surface area contributed by atoms with Gasteiger partial charge >= 0.3 is 0 Å². The molecular formula is C24H23ClN6OS. The van der Waals surface area contributed by atoms with E-state index in [4.69, 9.17) is 21.6 Å². The standard InChI is InChI=1S/C24H23ClN6OS/c25-17-4-1-5-18(14-17)31-23-19(15-26-31)22(27-21(28-23)16-7-8-16)29-9-3-10-30(12-11-29)24(32)20-6-2-13-33-20/h1-2,4-6,13-16H,3,7-12H2. The van der Waals surface area contributed by atoms with Crippen molar-refractivity contribution < 1.29 is 4.79 Å². The Hall–Kier alpha value is -2.97. The number of hydrogen-bond acceptors (Lipinski definition) is 6. The van der Waals surface area contributed by atoms with Crippen LogP contribution in [0.4, 0.5) is 5.82 Å². The number of thiophene rings is 1. The van der Waals surface area contributed by atoms with Gasteiger partial charge in [-0.05, 0) is 48.9 Å². The minimum atomic E-state index is 0.118. The number of amides is 1. The molecule has 1 aliphatic carbocycles. The van der Waals surface area contributed by atoms with Gasteiger partial charge in [0.2, 0.25) is 0 Å². The van der Waals surface area contributed by atoms with Crippen molar-refractivity contribution >= 4 is 45.7 Å². The predicted molar refractivity (Wildman–Crippen MR) is 131 cm³/mol. The van der Waals surface area contributed by atoms with E-state index >= 15 is 0 Å². The van der Waals surface area contributed by atoms with Crippen molar-refractivity contribution in [2.45, 2.75) is 25.2 Å². The molecule has 1 saturated carbocycles. The van der Waals surface area contributed by atoms with Crippen LogP contribution in [0, 0.1) is 0 Å². The molecule has 1 aromatic carbocycles. The van der Waals surface area contributed by atoms with Gasteiger partial charge in [-0.15, -0.1) is 11.3 Å². The van der Waals surface area contributed by atoms with E-state index in [-0.39, 0.29) is 5.91 Å². The van der Waals surface area contributed by atoms with Crippen LogP contribution in [0.5, 0.6) is 0 Å². The second kappa shape index (κ2) is 8.43. The first-order chi connectivity index (χ1) is 16.2. The Kier molecular flexibility index (Phi) is 5.27. The van der Waals surface area contributed by atoms with Gasteiger partial charge in [-0.1, -0.05) is 23.7 Å². The van der Waals surface area contributed by atoms with Crippen molar-refractivity contribution in [3.8, 4) is 5.69 Å². The molecule has 0 bridgehead atoms. The Morgan fingerprint density at radius 3 is 2.76 bits per heavy atom. The van der Waals surface area contributed by atoms with Crippen molar-refractivity contribution in [1.82, 2.24) is 24.6 Å². The lowest BCUT2D eigenvalue weighted by Gasteiger charge is -2.23. The quantitative estimate of drug-likeness (QED) is 0.423. The molecule has 1 amide bonds. The largest absolute Gasteiger partial charge is 0.354 e. The summed E-state index contributed by atoms with van der Waals surface area (Å²) in [5, 5.41) is 8.19. The van der Waals surface area contributed by atoms with E-state index in [0.29, 0.717) is 17.5 Å². The highest BCUT2D eigenvalue weighted by Gasteiger charge is 2.30. The maximum atomic E-state index is 12.9. The molecule has 4 aromatic rings. The lowest BCUT2D eigenvalue weighted by atomic mass is 10.3. The fraction of sp³-hybridized carbons (Fsp3) is 0.333. The molecule has 0 N–H and O–H groups in total. The molecule has 33 heavy (non-hydrogen) atoms. The molecule has 7 nitrogen and oxygen atoms in total. The van der Waals surface area contributed by atoms with Crippen molar-refractivity contribution in [3.63, 3.8) is 0 Å². The smallest absolute Gasteiger partial charge is 0.263 e. The van der Waals surface area contributed by atoms with E-state index in [9.17, 15) is 4.79 Å². The van der Waals surface area contributed by atoms with Gasteiger partial charge < -0.3 is 9.80 Å². The van der Waals surface area contributed by atoms with Crippen LogP contribution in [-0.2, 0) is 0 Å². The Morgan fingerprint density at radius 1 is 1.06 bits per heavy atom. The van der Waals surface area contributed by atoms with Gasteiger partial charge in [0, 0.05) is 37.1 Å². The van der Waals surface area contributed by atoms with Gasteiger partial charge in [-0.25, -0.2) is 14.6 Å². The second-order valence-electron chi connectivity index (χ2n) is 8.56. The Balaban J connectivity index is 1.35. The number of carbonyl (C=O) groups is 1. The van der Waals surface area contributed by atoms with Crippen molar-refractivity contribution in [3.05, 3.63) is 63.7 Å². The van der Waals surface area contributed by atoms with Crippen molar-refractivity contribution in [2.75, 3.05) is 31.1 Å². The highest BCUT2D eigenvalue weighted by molar-refractivity contribution is 7.12. The third-order valence-corrected chi connectivity index (χ3v) is 7.33. The molecule has 0 atom stereocenters. The first-order valence-corrected chi connectivity index (χ1v) is 12.5. The summed E-state index contributed by atoms with van der Waals surface area (Å²) in [5.41, 5.74) is 1.69. The monoisotopic (exact) mass is 478 g/mol. The molecule has 168 valence electrons. The Morgan fingerprint density at radius 2 is 1.97 bits per heavy atom. The maximum Gasteiger partial charge on any atom is 0.263 e. The zero-order chi connectivity index (χ0) is 22.4. The van der Waals surface area contributed by atoms with Gasteiger partial charge in [0.15, 0.2) is 5.65 Å². The average Bonchev–Trinajstić information content (AvgIpc) is 3.45. The van der Waals surface area contributed by atoms with E-state index in [1.54, 1.807) is 0 Å². The normalized spacial score (nSPS) is 16.9. The second-order valence-corrected chi connectivity index (χ2v) is 9.95. The van der Waals surface area contributed by atoms with Crippen LogP contribution in [0.25, 0.3) is 16.7 Å². The van der Waals surface area contributed by atoms with Crippen LogP contribution in [-0.4, -0.2) is 56.7 Å². The van der Waals surface area contributed by atoms with Crippen LogP contribution >= 0.6 is 22.9 Å². The summed E-state index contributed by atoms with van der Waals surface area (Å²) in [6, 6.07) is 11.5. The average molecular weight is 479 g/mol. The molecule has 6 rings (SSSR count). The molecular weight excluding hydrogens is 456 g/mol. The highest BCUT2D eigenvalue weighted by Crippen LogP contribution is 2.40. The molecule has 3 aromatic heterocycles. The fourth-order valence-electron chi connectivity index (χ4n) is 4.36. The third-order valence-electron chi connectivity index (χ3n) is 6.24. The molecule has 0 spiro atoms. The molecule has 2 fully saturated rings. The molecule has 0 radical (unpaired) electrons. The lowest BCUT2D eigenvalue weighted by molar-refractivity contribution is 0.0772. The summed E-state index contributed by atoms with van der Waals surface area (Å²) in [4.78, 5) is 27.8. The molecule has 1 saturated heterocycles. The van der Waals surface area contributed by atoms with E-state index in [2.05, 4.69) is 10.00 Å². The maximum absolute atomic E-state index is 12.9. The Labute approximate surface area is 200 Å². The fourth-order valence-corrected chi connectivity index (χ4v) is 5.24. The minimum Gasteiger partial charge on any atom is -0.354 e. The van der Waals surface area contributed by atoms with Crippen LogP contribution in [0.3, 0.4) is 0 Å². The number of nitrogens with zero attached hydrogens (tertiary/aromatic N) is 6. The zero-order valence-corrected chi connectivity index (χ0v) is 19.6. The molecule has 9 heteroatoms. The zero-order valence-electron chi connectivity index (χ0n) is 18.0. The number of benzene rings is 1. The molecule has 0 unspecified atom stereocenters. The van der Waals surface area contributed by atoms with Gasteiger partial charge in [0.05, 0.1) is 22.1 Å². The van der Waals surface area contributed by atoms with Gasteiger partial charge in [-0.2, -0.15) is 5.10 Å². The van der Waals surface area contributed by atoms with Crippen molar-refractivity contribution in [1.29, 1.82) is 0 Å². The molecule has 2 aliphatic rings. The Bertz CT molecular complexity index is 1320. The number of rotatable bonds is 4. The molecule has 4 heterocycles. The van der Waals surface area contributed by atoms with E-state index in [1.807, 2.05) is 57.6 Å². The van der Waals surface area contributed by atoms with Gasteiger partial charge in [-0.3, -0.25) is 4.79 Å². The predicted octanol–water partition coefficient (Wildman–Crippen LogP) is 4.76. The van der Waals surface area contributed by atoms with Crippen LogP contribution in [0.2, 0.25) is 5.02 Å². The van der Waals surface area contributed by atoms with E-state index < -0.39 is 0 Å². The van der Waals surface area contributed by atoms with E-state index in [0.717, 1.165) is 72.1 Å². The minimum absolute atomic E-state index is 0.118. The highest BCUT2D eigenvalue weighted by atomic mass is 35.5.